The van der Waals surface area contributed by atoms with Gasteiger partial charge in [-0.1, -0.05) is 19.1 Å². The van der Waals surface area contributed by atoms with Crippen molar-refractivity contribution in [2.24, 2.45) is 0 Å². The lowest BCUT2D eigenvalue weighted by molar-refractivity contribution is 0.121. The average molecular weight is 378 g/mol. The van der Waals surface area contributed by atoms with E-state index < -0.39 is 0 Å². The first-order chi connectivity index (χ1) is 13.7. The third kappa shape index (κ3) is 4.24. The van der Waals surface area contributed by atoms with Crippen LogP contribution in [0.3, 0.4) is 0 Å². The molecule has 0 amide bonds. The highest BCUT2D eigenvalue weighted by Crippen LogP contribution is 2.20. The van der Waals surface area contributed by atoms with E-state index in [-0.39, 0.29) is 5.56 Å². The number of hydrogen-bond acceptors (Lipinski definition) is 5. The number of aromatic amines is 1. The van der Waals surface area contributed by atoms with Crippen LogP contribution in [0.1, 0.15) is 6.92 Å². The van der Waals surface area contributed by atoms with Crippen molar-refractivity contribution in [3.63, 3.8) is 0 Å². The highest BCUT2D eigenvalue weighted by atomic mass is 16.5. The smallest absolute Gasteiger partial charge is 0.259 e. The van der Waals surface area contributed by atoms with Gasteiger partial charge in [-0.25, -0.2) is 4.98 Å². The lowest BCUT2D eigenvalue weighted by Crippen LogP contribution is -2.47. The van der Waals surface area contributed by atoms with Crippen LogP contribution in [-0.2, 0) is 0 Å². The summed E-state index contributed by atoms with van der Waals surface area (Å²) in [6.45, 7) is 9.47. The van der Waals surface area contributed by atoms with E-state index in [0.717, 1.165) is 50.6 Å². The maximum atomic E-state index is 12.2. The zero-order valence-corrected chi connectivity index (χ0v) is 16.2. The molecular weight excluding hydrogens is 352 g/mol. The number of aromatic nitrogens is 2. The molecule has 0 unspecified atom stereocenters. The van der Waals surface area contributed by atoms with Crippen LogP contribution in [-0.4, -0.2) is 65.6 Å². The maximum absolute atomic E-state index is 12.2. The molecular formula is C22H26N4O2. The topological polar surface area (TPSA) is 61.5 Å². The van der Waals surface area contributed by atoms with Gasteiger partial charge in [-0.05, 0) is 42.9 Å². The number of fused-ring (bicyclic) bond motifs is 1. The molecule has 0 saturated carbocycles. The van der Waals surface area contributed by atoms with Crippen molar-refractivity contribution < 1.29 is 4.74 Å². The van der Waals surface area contributed by atoms with Gasteiger partial charge < -0.3 is 14.6 Å². The number of ether oxygens (including phenoxy) is 1. The Morgan fingerprint density at radius 1 is 1.00 bits per heavy atom. The normalized spacial score (nSPS) is 15.8. The second kappa shape index (κ2) is 8.54. The number of nitrogens with zero attached hydrogens (tertiary/aromatic N) is 3. The Morgan fingerprint density at radius 2 is 1.71 bits per heavy atom. The van der Waals surface area contributed by atoms with Crippen LogP contribution in [0, 0.1) is 0 Å². The van der Waals surface area contributed by atoms with Gasteiger partial charge in [0.2, 0.25) is 0 Å². The minimum atomic E-state index is -0.121. The molecule has 2 heterocycles. The van der Waals surface area contributed by atoms with Gasteiger partial charge in [0.1, 0.15) is 18.2 Å². The van der Waals surface area contributed by atoms with Gasteiger partial charge in [0, 0.05) is 38.3 Å². The van der Waals surface area contributed by atoms with Crippen molar-refractivity contribution in [1.29, 1.82) is 0 Å². The van der Waals surface area contributed by atoms with Gasteiger partial charge in [0.25, 0.3) is 5.56 Å². The Labute approximate surface area is 164 Å². The molecule has 6 heteroatoms. The molecule has 1 N–H and O–H groups in total. The van der Waals surface area contributed by atoms with Crippen molar-refractivity contribution in [3.8, 4) is 17.1 Å². The van der Waals surface area contributed by atoms with E-state index in [0.29, 0.717) is 23.3 Å². The first-order valence-electron chi connectivity index (χ1n) is 9.90. The Morgan fingerprint density at radius 3 is 2.46 bits per heavy atom. The third-order valence-corrected chi connectivity index (χ3v) is 5.33. The molecule has 2 aromatic carbocycles. The SMILES string of the molecule is CCN1CCN(CCOc2ccc(-c3nc4ccccc4c(=O)[nH]3)cc2)CC1. The molecule has 1 fully saturated rings. The van der Waals surface area contributed by atoms with Crippen LogP contribution in [0.5, 0.6) is 5.75 Å². The van der Waals surface area contributed by atoms with Gasteiger partial charge in [0.05, 0.1) is 10.9 Å². The second-order valence-electron chi connectivity index (χ2n) is 7.08. The standard InChI is InChI=1S/C22H26N4O2/c1-2-25-11-13-26(14-12-25)15-16-28-18-9-7-17(8-10-18)21-23-20-6-4-3-5-19(20)22(27)24-21/h3-10H,2,11-16H2,1H3,(H,23,24,27). The fourth-order valence-corrected chi connectivity index (χ4v) is 3.55. The summed E-state index contributed by atoms with van der Waals surface area (Å²) >= 11 is 0. The van der Waals surface area contributed by atoms with Gasteiger partial charge in [0.15, 0.2) is 0 Å². The fourth-order valence-electron chi connectivity index (χ4n) is 3.55. The maximum Gasteiger partial charge on any atom is 0.259 e. The van der Waals surface area contributed by atoms with Crippen molar-refractivity contribution in [2.45, 2.75) is 6.92 Å². The molecule has 1 aromatic heterocycles. The Bertz CT molecular complexity index is 976. The molecule has 1 saturated heterocycles. The highest BCUT2D eigenvalue weighted by molar-refractivity contribution is 5.79. The second-order valence-corrected chi connectivity index (χ2v) is 7.08. The summed E-state index contributed by atoms with van der Waals surface area (Å²) in [5, 5.41) is 0.603. The first-order valence-corrected chi connectivity index (χ1v) is 9.90. The van der Waals surface area contributed by atoms with E-state index in [2.05, 4.69) is 26.7 Å². The summed E-state index contributed by atoms with van der Waals surface area (Å²) in [7, 11) is 0. The first kappa shape index (κ1) is 18.7. The molecule has 4 rings (SSSR count). The van der Waals surface area contributed by atoms with Crippen LogP contribution in [0.4, 0.5) is 0 Å². The van der Waals surface area contributed by atoms with E-state index in [1.54, 1.807) is 6.07 Å². The zero-order chi connectivity index (χ0) is 19.3. The number of hydrogen-bond donors (Lipinski definition) is 1. The summed E-state index contributed by atoms with van der Waals surface area (Å²) in [4.78, 5) is 24.6. The molecule has 3 aromatic rings. The molecule has 1 aliphatic heterocycles. The number of rotatable bonds is 6. The molecule has 0 bridgehead atoms. The van der Waals surface area contributed by atoms with Crippen LogP contribution in [0.25, 0.3) is 22.3 Å². The van der Waals surface area contributed by atoms with Crippen molar-refractivity contribution in [2.75, 3.05) is 45.9 Å². The fraction of sp³-hybridized carbons (Fsp3) is 0.364. The summed E-state index contributed by atoms with van der Waals surface area (Å²) in [6, 6.07) is 15.1. The number of nitrogens with one attached hydrogen (secondary N) is 1. The summed E-state index contributed by atoms with van der Waals surface area (Å²) < 4.78 is 5.90. The number of piperazine rings is 1. The molecule has 0 atom stereocenters. The van der Waals surface area contributed by atoms with Crippen LogP contribution in [0.15, 0.2) is 53.3 Å². The summed E-state index contributed by atoms with van der Waals surface area (Å²) in [5.74, 6) is 1.41. The predicted molar refractivity (Wildman–Crippen MR) is 112 cm³/mol. The van der Waals surface area contributed by atoms with E-state index in [1.807, 2.05) is 42.5 Å². The Kier molecular flexibility index (Phi) is 5.69. The lowest BCUT2D eigenvalue weighted by atomic mass is 10.2. The minimum absolute atomic E-state index is 0.121. The molecule has 0 spiro atoms. The van der Waals surface area contributed by atoms with Crippen molar-refractivity contribution in [3.05, 3.63) is 58.9 Å². The largest absolute Gasteiger partial charge is 0.492 e. The lowest BCUT2D eigenvalue weighted by Gasteiger charge is -2.33. The predicted octanol–water partition coefficient (Wildman–Crippen LogP) is 2.61. The van der Waals surface area contributed by atoms with Gasteiger partial charge >= 0.3 is 0 Å². The number of para-hydroxylation sites is 1. The van der Waals surface area contributed by atoms with Crippen molar-refractivity contribution in [1.82, 2.24) is 19.8 Å². The molecule has 146 valence electrons. The Hall–Kier alpha value is -2.70. The zero-order valence-electron chi connectivity index (χ0n) is 16.2. The van der Waals surface area contributed by atoms with E-state index in [9.17, 15) is 4.79 Å². The summed E-state index contributed by atoms with van der Waals surface area (Å²) in [5.41, 5.74) is 1.44. The Balaban J connectivity index is 1.36. The van der Waals surface area contributed by atoms with E-state index in [4.69, 9.17) is 4.74 Å². The molecule has 28 heavy (non-hydrogen) atoms. The average Bonchev–Trinajstić information content (AvgIpc) is 2.75. The third-order valence-electron chi connectivity index (χ3n) is 5.33. The van der Waals surface area contributed by atoms with Crippen LogP contribution < -0.4 is 10.3 Å². The van der Waals surface area contributed by atoms with E-state index >= 15 is 0 Å². The quantitative estimate of drug-likeness (QED) is 0.714. The molecule has 1 aliphatic rings. The number of H-pyrrole nitrogens is 1. The number of likely N-dealkylation sites (N-methyl/N-ethyl adjacent to an activating group) is 1. The van der Waals surface area contributed by atoms with Crippen molar-refractivity contribution >= 4 is 10.9 Å². The molecule has 0 aliphatic carbocycles. The van der Waals surface area contributed by atoms with Crippen LogP contribution in [0.2, 0.25) is 0 Å². The molecule has 6 nitrogen and oxygen atoms in total. The van der Waals surface area contributed by atoms with Gasteiger partial charge in [-0.2, -0.15) is 0 Å². The van der Waals surface area contributed by atoms with Crippen LogP contribution >= 0.6 is 0 Å². The monoisotopic (exact) mass is 378 g/mol. The summed E-state index contributed by atoms with van der Waals surface area (Å²) in [6.07, 6.45) is 0. The van der Waals surface area contributed by atoms with Gasteiger partial charge in [-0.3, -0.25) is 9.69 Å². The number of benzene rings is 2. The minimum Gasteiger partial charge on any atom is -0.492 e. The van der Waals surface area contributed by atoms with E-state index in [1.165, 1.54) is 0 Å². The van der Waals surface area contributed by atoms with Gasteiger partial charge in [-0.15, -0.1) is 0 Å². The highest BCUT2D eigenvalue weighted by Gasteiger charge is 2.15. The molecule has 0 radical (unpaired) electrons.